The summed E-state index contributed by atoms with van der Waals surface area (Å²) < 4.78 is 68.0. The second kappa shape index (κ2) is 59.1. The third kappa shape index (κ3) is 58.9. The molecule has 0 saturated carbocycles. The Morgan fingerprint density at radius 3 is 0.816 bits per heavy atom. The van der Waals surface area contributed by atoms with Gasteiger partial charge >= 0.3 is 39.5 Å². The molecular weight excluding hydrogens is 1150 g/mol. The van der Waals surface area contributed by atoms with Gasteiger partial charge in [-0.25, -0.2) is 9.13 Å². The number of aliphatic hydroxyl groups is 1. The van der Waals surface area contributed by atoms with E-state index in [0.29, 0.717) is 25.7 Å². The van der Waals surface area contributed by atoms with Crippen LogP contribution in [0.2, 0.25) is 0 Å². The Hall–Kier alpha value is -1.94. The van der Waals surface area contributed by atoms with E-state index in [1.807, 2.05) is 0 Å². The third-order valence-electron chi connectivity index (χ3n) is 16.7. The molecule has 0 aromatic rings. The number of phosphoric acid groups is 2. The minimum Gasteiger partial charge on any atom is -0.462 e. The first-order chi connectivity index (χ1) is 41.8. The standard InChI is InChI=1S/C68H132O17P2/c1-8-12-13-32-42-49-65(70)78-55-63(84-68(73)52-45-38-31-25-23-28-35-41-48-61(7)11-4)57-82-86(74,75)80-53-62(69)54-81-87(76,77)83-58-64(56-79-66(71)50-43-36-29-24-22-27-34-40-47-60(6)10-3)85-67(72)51-44-37-30-21-19-17-15-14-16-18-20-26-33-39-46-59(5)9-2/h59-64,69H,8-58H2,1-7H3,(H,74,75)(H,76,77)/t59?,60?,61?,62-,63+,64+/m0/s1. The van der Waals surface area contributed by atoms with Crippen LogP contribution in [0.4, 0.5) is 0 Å². The second-order valence-electron chi connectivity index (χ2n) is 25.3. The fourth-order valence-electron chi connectivity index (χ4n) is 10.1. The molecule has 0 aliphatic heterocycles. The summed E-state index contributed by atoms with van der Waals surface area (Å²) in [6.45, 7) is 11.8. The molecule has 0 amide bonds. The Morgan fingerprint density at radius 1 is 0.322 bits per heavy atom. The van der Waals surface area contributed by atoms with Gasteiger partial charge in [-0.1, -0.05) is 286 Å². The molecule has 0 aromatic carbocycles. The van der Waals surface area contributed by atoms with Gasteiger partial charge in [-0.15, -0.1) is 0 Å². The average molecular weight is 1280 g/mol. The van der Waals surface area contributed by atoms with Crippen LogP contribution in [0.3, 0.4) is 0 Å². The first-order valence-corrected chi connectivity index (χ1v) is 38.5. The van der Waals surface area contributed by atoms with Crippen molar-refractivity contribution < 1.29 is 80.2 Å². The quantitative estimate of drug-likeness (QED) is 0.0222. The van der Waals surface area contributed by atoms with Crippen molar-refractivity contribution in [3.8, 4) is 0 Å². The van der Waals surface area contributed by atoms with Crippen LogP contribution in [-0.2, 0) is 65.4 Å². The highest BCUT2D eigenvalue weighted by molar-refractivity contribution is 7.47. The number of rotatable bonds is 66. The number of esters is 4. The highest BCUT2D eigenvalue weighted by Crippen LogP contribution is 2.45. The Kier molecular flexibility index (Phi) is 57.8. The molecule has 0 bridgehead atoms. The van der Waals surface area contributed by atoms with E-state index in [-0.39, 0.29) is 25.7 Å². The molecule has 516 valence electrons. The SMILES string of the molecule is CCCCCCCC(=O)OC[C@H](COP(=O)(O)OC[C@H](O)COP(=O)(O)OC[C@@H](COC(=O)CCCCCCCCCCC(C)CC)OC(=O)CCCCCCCCCCCCCCCCC(C)CC)OC(=O)CCCCCCCCCCC(C)CC. The summed E-state index contributed by atoms with van der Waals surface area (Å²) in [5, 5.41) is 10.5. The first kappa shape index (κ1) is 85.1. The van der Waals surface area contributed by atoms with Crippen LogP contribution in [0.25, 0.3) is 0 Å². The van der Waals surface area contributed by atoms with Crippen molar-refractivity contribution in [2.24, 2.45) is 17.8 Å². The molecule has 17 nitrogen and oxygen atoms in total. The van der Waals surface area contributed by atoms with Crippen molar-refractivity contribution in [2.45, 2.75) is 356 Å². The summed E-state index contributed by atoms with van der Waals surface area (Å²) in [5.74, 6) is 0.252. The Morgan fingerprint density at radius 2 is 0.552 bits per heavy atom. The van der Waals surface area contributed by atoms with Crippen LogP contribution in [0.15, 0.2) is 0 Å². The zero-order valence-electron chi connectivity index (χ0n) is 56.5. The predicted octanol–water partition coefficient (Wildman–Crippen LogP) is 19.1. The zero-order valence-corrected chi connectivity index (χ0v) is 58.3. The summed E-state index contributed by atoms with van der Waals surface area (Å²) in [6, 6.07) is 0. The Balaban J connectivity index is 5.17. The smallest absolute Gasteiger partial charge is 0.462 e. The minimum absolute atomic E-state index is 0.104. The fourth-order valence-corrected chi connectivity index (χ4v) is 11.7. The maximum Gasteiger partial charge on any atom is 0.472 e. The highest BCUT2D eigenvalue weighted by atomic mass is 31.2. The zero-order chi connectivity index (χ0) is 64.5. The number of carbonyl (C=O) groups excluding carboxylic acids is 4. The van der Waals surface area contributed by atoms with E-state index >= 15 is 0 Å². The van der Waals surface area contributed by atoms with Crippen molar-refractivity contribution in [1.82, 2.24) is 0 Å². The van der Waals surface area contributed by atoms with Gasteiger partial charge in [0.05, 0.1) is 26.4 Å². The van der Waals surface area contributed by atoms with Gasteiger partial charge in [0, 0.05) is 25.7 Å². The number of phosphoric ester groups is 2. The van der Waals surface area contributed by atoms with Gasteiger partial charge in [-0.2, -0.15) is 0 Å². The van der Waals surface area contributed by atoms with Gasteiger partial charge < -0.3 is 33.8 Å². The molecule has 0 aromatic heterocycles. The molecule has 8 atom stereocenters. The molecule has 0 saturated heterocycles. The van der Waals surface area contributed by atoms with E-state index < -0.39 is 97.5 Å². The normalized spacial score (nSPS) is 15.2. The lowest BCUT2D eigenvalue weighted by molar-refractivity contribution is -0.161. The van der Waals surface area contributed by atoms with Crippen LogP contribution < -0.4 is 0 Å². The number of hydrogen-bond acceptors (Lipinski definition) is 15. The highest BCUT2D eigenvalue weighted by Gasteiger charge is 2.30. The lowest BCUT2D eigenvalue weighted by Crippen LogP contribution is -2.30. The summed E-state index contributed by atoms with van der Waals surface area (Å²) >= 11 is 0. The molecule has 0 heterocycles. The van der Waals surface area contributed by atoms with Crippen molar-refractivity contribution >= 4 is 39.5 Å². The van der Waals surface area contributed by atoms with E-state index in [1.165, 1.54) is 141 Å². The minimum atomic E-state index is -4.95. The van der Waals surface area contributed by atoms with Gasteiger partial charge in [0.1, 0.15) is 19.3 Å². The molecule has 0 radical (unpaired) electrons. The summed E-state index contributed by atoms with van der Waals surface area (Å²) in [5.41, 5.74) is 0. The van der Waals surface area contributed by atoms with E-state index in [9.17, 15) is 43.2 Å². The number of hydrogen-bond donors (Lipinski definition) is 3. The molecule has 0 aliphatic carbocycles. The monoisotopic (exact) mass is 1280 g/mol. The molecule has 0 aliphatic rings. The van der Waals surface area contributed by atoms with Crippen molar-refractivity contribution in [3.05, 3.63) is 0 Å². The molecule has 5 unspecified atom stereocenters. The molecule has 19 heteroatoms. The van der Waals surface area contributed by atoms with Crippen LogP contribution in [0, 0.1) is 17.8 Å². The van der Waals surface area contributed by atoms with Crippen LogP contribution in [0.1, 0.15) is 337 Å². The van der Waals surface area contributed by atoms with Crippen molar-refractivity contribution in [3.63, 3.8) is 0 Å². The third-order valence-corrected chi connectivity index (χ3v) is 18.6. The molecule has 3 N–H and O–H groups in total. The molecule has 0 spiro atoms. The van der Waals surface area contributed by atoms with Gasteiger partial charge in [-0.3, -0.25) is 37.3 Å². The molecule has 0 fully saturated rings. The maximum atomic E-state index is 13.0. The summed E-state index contributed by atoms with van der Waals surface area (Å²) in [4.78, 5) is 72.2. The molecule has 0 rings (SSSR count). The first-order valence-electron chi connectivity index (χ1n) is 35.5. The van der Waals surface area contributed by atoms with Crippen LogP contribution in [0.5, 0.6) is 0 Å². The van der Waals surface area contributed by atoms with Crippen molar-refractivity contribution in [1.29, 1.82) is 0 Å². The van der Waals surface area contributed by atoms with Crippen LogP contribution in [-0.4, -0.2) is 96.7 Å². The van der Waals surface area contributed by atoms with E-state index in [0.717, 1.165) is 114 Å². The van der Waals surface area contributed by atoms with Crippen LogP contribution >= 0.6 is 15.6 Å². The topological polar surface area (TPSA) is 237 Å². The van der Waals surface area contributed by atoms with Gasteiger partial charge in [-0.05, 0) is 43.4 Å². The fraction of sp³-hybridized carbons (Fsp3) is 0.941. The van der Waals surface area contributed by atoms with Gasteiger partial charge in [0.15, 0.2) is 12.2 Å². The lowest BCUT2D eigenvalue weighted by Gasteiger charge is -2.21. The van der Waals surface area contributed by atoms with Gasteiger partial charge in [0.2, 0.25) is 0 Å². The predicted molar refractivity (Wildman–Crippen MR) is 349 cm³/mol. The summed E-state index contributed by atoms with van der Waals surface area (Å²) in [7, 11) is -9.89. The van der Waals surface area contributed by atoms with Crippen molar-refractivity contribution in [2.75, 3.05) is 39.6 Å². The maximum absolute atomic E-state index is 13.0. The van der Waals surface area contributed by atoms with E-state index in [1.54, 1.807) is 0 Å². The molecule has 87 heavy (non-hydrogen) atoms. The number of ether oxygens (including phenoxy) is 4. The number of unbranched alkanes of at least 4 members (excludes halogenated alkanes) is 31. The Bertz CT molecular complexity index is 1720. The van der Waals surface area contributed by atoms with E-state index in [2.05, 4.69) is 48.5 Å². The number of aliphatic hydroxyl groups excluding tert-OH is 1. The van der Waals surface area contributed by atoms with E-state index in [4.69, 9.17) is 37.0 Å². The van der Waals surface area contributed by atoms with Gasteiger partial charge in [0.25, 0.3) is 0 Å². The summed E-state index contributed by atoms with van der Waals surface area (Å²) in [6.07, 6.45) is 41.9. The molecular formula is C68H132O17P2. The largest absolute Gasteiger partial charge is 0.472 e. The number of carbonyl (C=O) groups is 4. The average Bonchev–Trinajstić information content (AvgIpc) is 3.58. The second-order valence-corrected chi connectivity index (χ2v) is 28.2. The lowest BCUT2D eigenvalue weighted by atomic mass is 9.99. The Labute approximate surface area is 530 Å².